The van der Waals surface area contributed by atoms with E-state index in [4.69, 9.17) is 21.1 Å². The van der Waals surface area contributed by atoms with Gasteiger partial charge in [0.2, 0.25) is 0 Å². The molecule has 218 valence electrons. The van der Waals surface area contributed by atoms with E-state index in [-0.39, 0.29) is 6.10 Å². The highest BCUT2D eigenvalue weighted by Gasteiger charge is 2.26. The van der Waals surface area contributed by atoms with E-state index in [1.807, 2.05) is 12.1 Å². The first-order chi connectivity index (χ1) is 20.4. The third-order valence-corrected chi connectivity index (χ3v) is 7.70. The molecule has 3 aromatic carbocycles. The van der Waals surface area contributed by atoms with Crippen molar-refractivity contribution in [3.8, 4) is 5.75 Å². The smallest absolute Gasteiger partial charge is 0.322 e. The van der Waals surface area contributed by atoms with Gasteiger partial charge in [0.1, 0.15) is 41.3 Å². The molecule has 0 bridgehead atoms. The minimum Gasteiger partial charge on any atom is -0.489 e. The summed E-state index contributed by atoms with van der Waals surface area (Å²) in [5, 5.41) is 7.01. The zero-order valence-corrected chi connectivity index (χ0v) is 23.4. The van der Waals surface area contributed by atoms with Crippen LogP contribution in [-0.2, 0) is 4.74 Å². The van der Waals surface area contributed by atoms with Crippen molar-refractivity contribution in [2.45, 2.75) is 18.9 Å². The van der Waals surface area contributed by atoms with E-state index in [0.29, 0.717) is 55.7 Å². The quantitative estimate of drug-likeness (QED) is 0.274. The fourth-order valence-electron chi connectivity index (χ4n) is 5.13. The number of hydrogen-bond acceptors (Lipinski definition) is 7. The summed E-state index contributed by atoms with van der Waals surface area (Å²) in [5.41, 5.74) is 2.22. The number of ether oxygens (including phenoxy) is 2. The molecule has 1 aromatic heterocycles. The van der Waals surface area contributed by atoms with Gasteiger partial charge in [-0.1, -0.05) is 17.7 Å². The number of para-hydroxylation sites is 1. The summed E-state index contributed by atoms with van der Waals surface area (Å²) in [6.45, 7) is 3.81. The molecule has 0 unspecified atom stereocenters. The maximum absolute atomic E-state index is 13.9. The topological polar surface area (TPSA) is 91.9 Å². The lowest BCUT2D eigenvalue weighted by Gasteiger charge is -2.32. The Morgan fingerprint density at radius 1 is 0.976 bits per heavy atom. The van der Waals surface area contributed by atoms with Crippen LogP contribution in [0.15, 0.2) is 60.9 Å². The molecule has 2 aliphatic rings. The highest BCUT2D eigenvalue weighted by molar-refractivity contribution is 6.32. The number of nitrogens with zero attached hydrogens (tertiary/aromatic N) is 4. The summed E-state index contributed by atoms with van der Waals surface area (Å²) in [6, 6.07) is 14.5. The van der Waals surface area contributed by atoms with Gasteiger partial charge in [0.05, 0.1) is 23.8 Å². The van der Waals surface area contributed by atoms with Crippen LogP contribution in [0.25, 0.3) is 10.9 Å². The number of hydrogen-bond donors (Lipinski definition) is 2. The summed E-state index contributed by atoms with van der Waals surface area (Å²) in [5.74, 6) is -0.443. The number of rotatable bonds is 6. The second-order valence-corrected chi connectivity index (χ2v) is 10.5. The van der Waals surface area contributed by atoms with Gasteiger partial charge in [-0.05, 0) is 48.5 Å². The van der Waals surface area contributed by atoms with Crippen LogP contribution in [0.1, 0.15) is 12.8 Å². The van der Waals surface area contributed by atoms with Gasteiger partial charge in [0, 0.05) is 55.8 Å². The Kier molecular flexibility index (Phi) is 8.20. The highest BCUT2D eigenvalue weighted by atomic mass is 35.5. The Morgan fingerprint density at radius 2 is 1.74 bits per heavy atom. The van der Waals surface area contributed by atoms with Crippen molar-refractivity contribution in [3.05, 3.63) is 77.6 Å². The number of morpholine rings is 1. The van der Waals surface area contributed by atoms with Crippen LogP contribution >= 0.6 is 11.6 Å². The minimum atomic E-state index is -0.820. The summed E-state index contributed by atoms with van der Waals surface area (Å²) >= 11 is 6.60. The first-order valence-electron chi connectivity index (χ1n) is 13.8. The van der Waals surface area contributed by atoms with Crippen molar-refractivity contribution >= 4 is 51.4 Å². The Labute approximate surface area is 246 Å². The van der Waals surface area contributed by atoms with Gasteiger partial charge >= 0.3 is 6.03 Å². The van der Waals surface area contributed by atoms with Crippen molar-refractivity contribution in [2.75, 3.05) is 54.9 Å². The Morgan fingerprint density at radius 3 is 2.48 bits per heavy atom. The molecule has 2 fully saturated rings. The number of piperidine rings is 1. The Balaban J connectivity index is 1.08. The molecule has 0 saturated carbocycles. The first-order valence-corrected chi connectivity index (χ1v) is 14.1. The van der Waals surface area contributed by atoms with Crippen LogP contribution in [0.4, 0.5) is 36.5 Å². The third kappa shape index (κ3) is 6.17. The molecule has 0 spiro atoms. The van der Waals surface area contributed by atoms with Crippen molar-refractivity contribution in [1.29, 1.82) is 0 Å². The molecule has 3 heterocycles. The summed E-state index contributed by atoms with van der Waals surface area (Å²) in [4.78, 5) is 25.2. The van der Waals surface area contributed by atoms with E-state index in [1.54, 1.807) is 12.1 Å². The molecule has 2 saturated heterocycles. The molecule has 0 atom stereocenters. The number of likely N-dealkylation sites (tertiary alicyclic amines) is 1. The number of urea groups is 1. The minimum absolute atomic E-state index is 0.167. The average molecular weight is 595 g/mol. The molecule has 9 nitrogen and oxygen atoms in total. The molecule has 12 heteroatoms. The molecule has 6 rings (SSSR count). The summed E-state index contributed by atoms with van der Waals surface area (Å²) in [6.07, 6.45) is 2.45. The second-order valence-electron chi connectivity index (χ2n) is 10.1. The van der Waals surface area contributed by atoms with E-state index < -0.39 is 23.4 Å². The zero-order valence-electron chi connectivity index (χ0n) is 22.7. The maximum Gasteiger partial charge on any atom is 0.322 e. The van der Waals surface area contributed by atoms with E-state index in [0.717, 1.165) is 47.5 Å². The number of carbonyl (C=O) groups excluding carboxylic acids is 1. The monoisotopic (exact) mass is 594 g/mol. The van der Waals surface area contributed by atoms with Gasteiger partial charge in [0.15, 0.2) is 0 Å². The molecule has 2 N–H and O–H groups in total. The third-order valence-electron chi connectivity index (χ3n) is 7.41. The lowest BCUT2D eigenvalue weighted by Crippen LogP contribution is -2.44. The van der Waals surface area contributed by atoms with Crippen molar-refractivity contribution in [1.82, 2.24) is 14.9 Å². The van der Waals surface area contributed by atoms with Crippen LogP contribution in [-0.4, -0.2) is 66.4 Å². The van der Waals surface area contributed by atoms with E-state index in [9.17, 15) is 13.6 Å². The van der Waals surface area contributed by atoms with Gasteiger partial charge in [-0.2, -0.15) is 0 Å². The molecule has 0 radical (unpaired) electrons. The van der Waals surface area contributed by atoms with Crippen molar-refractivity contribution < 1.29 is 23.0 Å². The maximum atomic E-state index is 13.9. The van der Waals surface area contributed by atoms with E-state index in [1.165, 1.54) is 17.3 Å². The zero-order chi connectivity index (χ0) is 29.1. The predicted molar refractivity (Wildman–Crippen MR) is 158 cm³/mol. The number of aromatic nitrogens is 2. The molecule has 2 aliphatic heterocycles. The van der Waals surface area contributed by atoms with Gasteiger partial charge in [-0.3, -0.25) is 0 Å². The fourth-order valence-corrected chi connectivity index (χ4v) is 5.36. The highest BCUT2D eigenvalue weighted by Crippen LogP contribution is 2.33. The number of halogens is 3. The number of nitrogens with one attached hydrogen (secondary N) is 2. The van der Waals surface area contributed by atoms with Gasteiger partial charge < -0.3 is 29.9 Å². The number of fused-ring (bicyclic) bond motifs is 1. The number of amides is 2. The average Bonchev–Trinajstić information content (AvgIpc) is 3.01. The Hall–Kier alpha value is -4.22. The largest absolute Gasteiger partial charge is 0.489 e. The number of benzene rings is 3. The lowest BCUT2D eigenvalue weighted by atomic mass is 10.1. The second kappa shape index (κ2) is 12.3. The normalized spacial score (nSPS) is 16.0. The van der Waals surface area contributed by atoms with Crippen molar-refractivity contribution in [3.63, 3.8) is 0 Å². The molecule has 42 heavy (non-hydrogen) atoms. The first kappa shape index (κ1) is 27.9. The van der Waals surface area contributed by atoms with E-state index in [2.05, 4.69) is 37.6 Å². The van der Waals surface area contributed by atoms with Crippen LogP contribution in [0, 0.1) is 11.6 Å². The SMILES string of the molecule is O=C(Nc1c(F)cccc1F)N1CCC(Oc2ccc(Nc3ncnc4ccc(N5CCOCC5)cc34)cc2Cl)CC1. The van der Waals surface area contributed by atoms with Gasteiger partial charge in [-0.25, -0.2) is 23.5 Å². The van der Waals surface area contributed by atoms with E-state index >= 15 is 0 Å². The molecular weight excluding hydrogens is 566 g/mol. The molecular formula is C30H29ClF2N6O3. The fraction of sp³-hybridized carbons (Fsp3) is 0.300. The number of carbonyl (C=O) groups is 1. The van der Waals surface area contributed by atoms with Gasteiger partial charge in [0.25, 0.3) is 0 Å². The standard InChI is InChI=1S/C30H29ClF2N6O3/c31-23-16-19(36-29-22-17-20(38-12-14-41-15-13-38)5-6-26(22)34-18-35-29)4-7-27(23)42-21-8-10-39(11-9-21)30(40)37-28-24(32)2-1-3-25(28)33/h1-7,16-18,21H,8-15H2,(H,37,40)(H,34,35,36). The molecule has 2 amide bonds. The Bertz CT molecular complexity index is 1570. The summed E-state index contributed by atoms with van der Waals surface area (Å²) < 4.78 is 39.4. The van der Waals surface area contributed by atoms with Crippen LogP contribution in [0.5, 0.6) is 5.75 Å². The molecule has 0 aliphatic carbocycles. The summed E-state index contributed by atoms with van der Waals surface area (Å²) in [7, 11) is 0. The van der Waals surface area contributed by atoms with Crippen LogP contribution in [0.3, 0.4) is 0 Å². The van der Waals surface area contributed by atoms with Crippen molar-refractivity contribution in [2.24, 2.45) is 0 Å². The van der Waals surface area contributed by atoms with Gasteiger partial charge in [-0.15, -0.1) is 0 Å². The predicted octanol–water partition coefficient (Wildman–Crippen LogP) is 6.22. The van der Waals surface area contributed by atoms with Crippen LogP contribution < -0.4 is 20.3 Å². The number of anilines is 4. The van der Waals surface area contributed by atoms with Crippen LogP contribution in [0.2, 0.25) is 5.02 Å². The lowest BCUT2D eigenvalue weighted by molar-refractivity contribution is 0.115. The molecule has 4 aromatic rings.